The van der Waals surface area contributed by atoms with Gasteiger partial charge in [0.15, 0.2) is 11.6 Å². The Hall–Kier alpha value is -1.00. The first-order chi connectivity index (χ1) is 8.37. The lowest BCUT2D eigenvalue weighted by Gasteiger charge is -2.23. The van der Waals surface area contributed by atoms with Crippen molar-refractivity contribution in [1.82, 2.24) is 5.32 Å². The third kappa shape index (κ3) is 4.03. The molecule has 1 rings (SSSR count). The molecule has 1 aromatic carbocycles. The molecule has 4 heteroatoms. The first-order valence-electron chi connectivity index (χ1n) is 6.22. The van der Waals surface area contributed by atoms with Crippen LogP contribution < -0.4 is 5.32 Å². The van der Waals surface area contributed by atoms with E-state index >= 15 is 0 Å². The van der Waals surface area contributed by atoms with Crippen molar-refractivity contribution in [1.29, 1.82) is 0 Å². The smallest absolute Gasteiger partial charge is 0.162 e. The predicted molar refractivity (Wildman–Crippen MR) is 68.3 cm³/mol. The van der Waals surface area contributed by atoms with Crippen molar-refractivity contribution in [2.75, 3.05) is 7.05 Å². The lowest BCUT2D eigenvalue weighted by atomic mass is 9.93. The van der Waals surface area contributed by atoms with E-state index in [2.05, 4.69) is 5.32 Å². The molecule has 102 valence electrons. The highest BCUT2D eigenvalue weighted by Gasteiger charge is 2.18. The maximum absolute atomic E-state index is 13.5. The monoisotopic (exact) mass is 257 g/mol. The Morgan fingerprint density at radius 3 is 2.67 bits per heavy atom. The quantitative estimate of drug-likeness (QED) is 0.767. The van der Waals surface area contributed by atoms with Crippen LogP contribution in [0.1, 0.15) is 44.6 Å². The van der Waals surface area contributed by atoms with Crippen molar-refractivity contribution in [2.24, 2.45) is 0 Å². The van der Waals surface area contributed by atoms with Crippen molar-refractivity contribution in [3.63, 3.8) is 0 Å². The van der Waals surface area contributed by atoms with Crippen LogP contribution in [0.2, 0.25) is 0 Å². The molecule has 2 nitrogen and oxygen atoms in total. The van der Waals surface area contributed by atoms with Crippen LogP contribution in [-0.4, -0.2) is 17.9 Å². The van der Waals surface area contributed by atoms with Gasteiger partial charge in [0.05, 0.1) is 0 Å². The van der Waals surface area contributed by atoms with Gasteiger partial charge in [-0.2, -0.15) is 0 Å². The molecular weight excluding hydrogens is 236 g/mol. The minimum atomic E-state index is -0.903. The summed E-state index contributed by atoms with van der Waals surface area (Å²) in [5.74, 6) is -1.62. The van der Waals surface area contributed by atoms with E-state index in [1.165, 1.54) is 6.07 Å². The summed E-state index contributed by atoms with van der Waals surface area (Å²) in [5.41, 5.74) is -0.501. The van der Waals surface area contributed by atoms with E-state index in [1.54, 1.807) is 20.0 Å². The molecular formula is C14H21F2NO. The number of rotatable bonds is 6. The zero-order valence-electron chi connectivity index (χ0n) is 11.1. The van der Waals surface area contributed by atoms with Crippen LogP contribution in [0, 0.1) is 11.6 Å². The van der Waals surface area contributed by atoms with Crippen molar-refractivity contribution >= 4 is 0 Å². The minimum Gasteiger partial charge on any atom is -0.376 e. The number of benzene rings is 1. The zero-order chi connectivity index (χ0) is 13.8. The first kappa shape index (κ1) is 15.1. The summed E-state index contributed by atoms with van der Waals surface area (Å²) < 4.78 is 26.6. The third-order valence-electron chi connectivity index (χ3n) is 3.35. The van der Waals surface area contributed by atoms with E-state index in [4.69, 9.17) is 0 Å². The third-order valence-corrected chi connectivity index (χ3v) is 3.35. The topological polar surface area (TPSA) is 32.3 Å². The van der Waals surface area contributed by atoms with Gasteiger partial charge in [0.1, 0.15) is 5.72 Å². The number of halogens is 2. The molecule has 0 radical (unpaired) electrons. The Labute approximate surface area is 107 Å². The van der Waals surface area contributed by atoms with Crippen LogP contribution in [-0.2, 0) is 0 Å². The van der Waals surface area contributed by atoms with Gasteiger partial charge in [-0.15, -0.1) is 0 Å². The molecule has 0 saturated heterocycles. The first-order valence-corrected chi connectivity index (χ1v) is 6.22. The lowest BCUT2D eigenvalue weighted by molar-refractivity contribution is 0.0207. The summed E-state index contributed by atoms with van der Waals surface area (Å²) in [7, 11) is 1.69. The van der Waals surface area contributed by atoms with Gasteiger partial charge in [-0.1, -0.05) is 19.1 Å². The number of hydrogen-bond acceptors (Lipinski definition) is 2. The highest BCUT2D eigenvalue weighted by molar-refractivity contribution is 5.22. The number of aliphatic hydroxyl groups is 1. The van der Waals surface area contributed by atoms with Crippen molar-refractivity contribution in [2.45, 2.75) is 44.8 Å². The normalized spacial score (nSPS) is 16.3. The van der Waals surface area contributed by atoms with Gasteiger partial charge in [-0.05, 0) is 50.8 Å². The van der Waals surface area contributed by atoms with E-state index in [1.807, 2.05) is 6.92 Å². The van der Waals surface area contributed by atoms with Crippen LogP contribution in [0.25, 0.3) is 0 Å². The average Bonchev–Trinajstić information content (AvgIpc) is 2.32. The zero-order valence-corrected chi connectivity index (χ0v) is 11.1. The van der Waals surface area contributed by atoms with Crippen LogP contribution in [0.3, 0.4) is 0 Å². The maximum Gasteiger partial charge on any atom is 0.162 e. The van der Waals surface area contributed by atoms with Crippen LogP contribution >= 0.6 is 0 Å². The Balaban J connectivity index is 2.56. The predicted octanol–water partition coefficient (Wildman–Crippen LogP) is 3.17. The second-order valence-corrected chi connectivity index (χ2v) is 4.96. The summed E-state index contributed by atoms with van der Waals surface area (Å²) in [6.07, 6.45) is 2.02. The van der Waals surface area contributed by atoms with Crippen LogP contribution in [0.4, 0.5) is 8.78 Å². The fraction of sp³-hybridized carbons (Fsp3) is 0.571. The molecule has 0 fully saturated rings. The maximum atomic E-state index is 13.5. The van der Waals surface area contributed by atoms with E-state index in [9.17, 15) is 13.9 Å². The summed E-state index contributed by atoms with van der Waals surface area (Å²) in [4.78, 5) is 0. The molecule has 1 unspecified atom stereocenters. The number of hydrogen-bond donors (Lipinski definition) is 2. The molecule has 1 aromatic rings. The molecule has 0 aliphatic rings. The minimum absolute atomic E-state index is 0.0617. The van der Waals surface area contributed by atoms with Crippen molar-refractivity contribution in [3.05, 3.63) is 35.4 Å². The summed E-state index contributed by atoms with van der Waals surface area (Å²) in [6, 6.07) is 4.25. The summed E-state index contributed by atoms with van der Waals surface area (Å²) in [5, 5.41) is 12.6. The average molecular weight is 257 g/mol. The Morgan fingerprint density at radius 1 is 1.39 bits per heavy atom. The summed E-state index contributed by atoms with van der Waals surface area (Å²) in [6.45, 7) is 3.56. The molecule has 0 aliphatic heterocycles. The highest BCUT2D eigenvalue weighted by Crippen LogP contribution is 2.26. The van der Waals surface area contributed by atoms with Gasteiger partial charge in [0.2, 0.25) is 0 Å². The Kier molecular flexibility index (Phi) is 5.23. The molecule has 0 spiro atoms. The van der Waals surface area contributed by atoms with Crippen LogP contribution in [0.5, 0.6) is 0 Å². The fourth-order valence-corrected chi connectivity index (χ4v) is 1.93. The van der Waals surface area contributed by atoms with Gasteiger partial charge in [0.25, 0.3) is 0 Å². The van der Waals surface area contributed by atoms with Gasteiger partial charge in [-0.3, -0.25) is 5.32 Å². The summed E-state index contributed by atoms with van der Waals surface area (Å²) >= 11 is 0. The SMILES string of the molecule is CNC(C)(O)CCC[C@H](C)c1cccc(F)c1F. The van der Waals surface area contributed by atoms with E-state index in [-0.39, 0.29) is 5.92 Å². The standard InChI is InChI=1S/C14H21F2NO/c1-10(6-5-9-14(2,18)17-3)11-7-4-8-12(15)13(11)16/h4,7-8,10,17-18H,5-6,9H2,1-3H3/t10-,14?/m0/s1. The number of nitrogens with one attached hydrogen (secondary N) is 1. The van der Waals surface area contributed by atoms with Crippen molar-refractivity contribution in [3.8, 4) is 0 Å². The molecule has 0 amide bonds. The molecule has 2 N–H and O–H groups in total. The van der Waals surface area contributed by atoms with Crippen molar-refractivity contribution < 1.29 is 13.9 Å². The van der Waals surface area contributed by atoms with Gasteiger partial charge in [0, 0.05) is 0 Å². The van der Waals surface area contributed by atoms with Crippen LogP contribution in [0.15, 0.2) is 18.2 Å². The fourth-order valence-electron chi connectivity index (χ4n) is 1.93. The molecule has 2 atom stereocenters. The Bertz CT molecular complexity index is 393. The molecule has 18 heavy (non-hydrogen) atoms. The van der Waals surface area contributed by atoms with E-state index < -0.39 is 17.4 Å². The largest absolute Gasteiger partial charge is 0.376 e. The van der Waals surface area contributed by atoms with E-state index in [0.717, 1.165) is 12.5 Å². The van der Waals surface area contributed by atoms with E-state index in [0.29, 0.717) is 18.4 Å². The van der Waals surface area contributed by atoms with Gasteiger partial charge >= 0.3 is 0 Å². The highest BCUT2D eigenvalue weighted by atomic mass is 19.2. The molecule has 0 aromatic heterocycles. The lowest BCUT2D eigenvalue weighted by Crippen LogP contribution is -2.39. The second kappa shape index (κ2) is 6.25. The molecule has 0 bridgehead atoms. The molecule has 0 aliphatic carbocycles. The molecule has 0 heterocycles. The molecule has 0 saturated carbocycles. The Morgan fingerprint density at radius 2 is 2.06 bits per heavy atom. The van der Waals surface area contributed by atoms with Gasteiger partial charge < -0.3 is 5.11 Å². The second-order valence-electron chi connectivity index (χ2n) is 4.96. The van der Waals surface area contributed by atoms with Gasteiger partial charge in [-0.25, -0.2) is 8.78 Å².